The lowest BCUT2D eigenvalue weighted by molar-refractivity contribution is 0.0564. The number of aromatic nitrogens is 1. The number of benzene rings is 1. The second-order valence-electron chi connectivity index (χ2n) is 4.00. The maximum atomic E-state index is 11.5. The van der Waals surface area contributed by atoms with E-state index < -0.39 is 5.97 Å². The highest BCUT2D eigenvalue weighted by Gasteiger charge is 2.16. The van der Waals surface area contributed by atoms with Gasteiger partial charge in [0.05, 0.1) is 23.6 Å². The first kappa shape index (κ1) is 13.2. The number of carbonyl (C=O) groups excluding carboxylic acids is 1. The Kier molecular flexibility index (Phi) is 3.75. The molecule has 3 rings (SSSR count). The van der Waals surface area contributed by atoms with Crippen molar-refractivity contribution >= 4 is 39.3 Å². The van der Waals surface area contributed by atoms with Gasteiger partial charge in [-0.1, -0.05) is 23.9 Å². The molecule has 20 heavy (non-hydrogen) atoms. The summed E-state index contributed by atoms with van der Waals surface area (Å²) in [6.07, 6.45) is 1.50. The summed E-state index contributed by atoms with van der Waals surface area (Å²) < 4.78 is 12.0. The van der Waals surface area contributed by atoms with Crippen molar-refractivity contribution in [1.29, 1.82) is 0 Å². The smallest absolute Gasteiger partial charge is 0.374 e. The van der Waals surface area contributed by atoms with E-state index in [9.17, 15) is 4.79 Å². The van der Waals surface area contributed by atoms with E-state index in [1.165, 1.54) is 13.4 Å². The van der Waals surface area contributed by atoms with E-state index in [1.807, 2.05) is 18.2 Å². The van der Waals surface area contributed by atoms with Crippen LogP contribution in [-0.4, -0.2) is 18.1 Å². The molecule has 0 spiro atoms. The van der Waals surface area contributed by atoms with E-state index >= 15 is 0 Å². The first-order chi connectivity index (χ1) is 9.78. The fourth-order valence-corrected chi connectivity index (χ4v) is 3.82. The maximum absolute atomic E-state index is 11.5. The molecule has 4 nitrogen and oxygen atoms in total. The minimum atomic E-state index is -0.449. The Morgan fingerprint density at radius 2 is 2.25 bits per heavy atom. The third kappa shape index (κ3) is 2.57. The molecule has 0 unspecified atom stereocenters. The summed E-state index contributed by atoms with van der Waals surface area (Å²) >= 11 is 3.23. The van der Waals surface area contributed by atoms with Gasteiger partial charge in [-0.15, -0.1) is 11.3 Å². The van der Waals surface area contributed by atoms with Crippen molar-refractivity contribution in [2.45, 2.75) is 10.1 Å². The predicted molar refractivity (Wildman–Crippen MR) is 79.2 cm³/mol. The first-order valence-electron chi connectivity index (χ1n) is 5.91. The van der Waals surface area contributed by atoms with Gasteiger partial charge in [-0.3, -0.25) is 0 Å². The van der Waals surface area contributed by atoms with Crippen LogP contribution in [0.4, 0.5) is 0 Å². The van der Waals surface area contributed by atoms with Gasteiger partial charge in [-0.05, 0) is 18.2 Å². The molecular weight excluding hydrogens is 294 g/mol. The molecular formula is C14H11NO3S2. The largest absolute Gasteiger partial charge is 0.463 e. The molecule has 3 aromatic rings. The van der Waals surface area contributed by atoms with Crippen molar-refractivity contribution in [3.8, 4) is 0 Å². The van der Waals surface area contributed by atoms with Gasteiger partial charge in [0.15, 0.2) is 4.34 Å². The van der Waals surface area contributed by atoms with Gasteiger partial charge in [0.25, 0.3) is 0 Å². The number of hydrogen-bond acceptors (Lipinski definition) is 6. The molecule has 0 bridgehead atoms. The molecule has 102 valence electrons. The number of methoxy groups -OCH3 is 1. The third-order valence-corrected chi connectivity index (χ3v) is 4.97. The summed E-state index contributed by atoms with van der Waals surface area (Å²) in [6.45, 7) is 0. The molecule has 0 atom stereocenters. The lowest BCUT2D eigenvalue weighted by atomic mass is 10.3. The van der Waals surface area contributed by atoms with Crippen LogP contribution in [0, 0.1) is 0 Å². The van der Waals surface area contributed by atoms with Gasteiger partial charge >= 0.3 is 5.97 Å². The second kappa shape index (κ2) is 5.68. The van der Waals surface area contributed by atoms with Crippen LogP contribution in [0.1, 0.15) is 16.1 Å². The highest BCUT2D eigenvalue weighted by atomic mass is 32.2. The molecule has 1 aromatic carbocycles. The number of thioether (sulfide) groups is 1. The average Bonchev–Trinajstić information content (AvgIpc) is 3.10. The predicted octanol–water partition coefficient (Wildman–Crippen LogP) is 3.97. The minimum Gasteiger partial charge on any atom is -0.463 e. The van der Waals surface area contributed by atoms with E-state index in [-0.39, 0.29) is 5.76 Å². The zero-order valence-electron chi connectivity index (χ0n) is 10.7. The molecule has 2 heterocycles. The maximum Gasteiger partial charge on any atom is 0.374 e. The van der Waals surface area contributed by atoms with E-state index in [4.69, 9.17) is 4.42 Å². The SMILES string of the molecule is COC(=O)c1occc1CSc1nc2ccccc2s1. The highest BCUT2D eigenvalue weighted by Crippen LogP contribution is 2.32. The van der Waals surface area contributed by atoms with Crippen molar-refractivity contribution in [3.05, 3.63) is 47.9 Å². The Hall–Kier alpha value is -1.79. The van der Waals surface area contributed by atoms with E-state index in [0.29, 0.717) is 5.75 Å². The first-order valence-corrected chi connectivity index (χ1v) is 7.71. The summed E-state index contributed by atoms with van der Waals surface area (Å²) in [4.78, 5) is 16.1. The van der Waals surface area contributed by atoms with Crippen molar-refractivity contribution in [2.24, 2.45) is 0 Å². The molecule has 0 N–H and O–H groups in total. The van der Waals surface area contributed by atoms with Gasteiger partial charge in [0.2, 0.25) is 5.76 Å². The zero-order chi connectivity index (χ0) is 13.9. The van der Waals surface area contributed by atoms with Crippen molar-refractivity contribution in [2.75, 3.05) is 7.11 Å². The van der Waals surface area contributed by atoms with Gasteiger partial charge in [-0.25, -0.2) is 9.78 Å². The summed E-state index contributed by atoms with van der Waals surface area (Å²) in [5, 5.41) is 0. The molecule has 0 aliphatic heterocycles. The number of fused-ring (bicyclic) bond motifs is 1. The molecule has 0 saturated carbocycles. The number of thiazole rings is 1. The zero-order valence-corrected chi connectivity index (χ0v) is 12.3. The van der Waals surface area contributed by atoms with Crippen LogP contribution in [0.5, 0.6) is 0 Å². The van der Waals surface area contributed by atoms with Gasteiger partial charge < -0.3 is 9.15 Å². The number of carbonyl (C=O) groups is 1. The summed E-state index contributed by atoms with van der Waals surface area (Å²) in [6, 6.07) is 9.80. The molecule has 0 aliphatic rings. The number of furan rings is 1. The second-order valence-corrected chi connectivity index (χ2v) is 6.26. The fraction of sp³-hybridized carbons (Fsp3) is 0.143. The lowest BCUT2D eigenvalue weighted by Gasteiger charge is -1.99. The fourth-order valence-electron chi connectivity index (χ4n) is 1.77. The van der Waals surface area contributed by atoms with Crippen LogP contribution in [0.15, 0.2) is 45.4 Å². The van der Waals surface area contributed by atoms with Gasteiger partial charge in [-0.2, -0.15) is 0 Å². The number of nitrogens with zero attached hydrogens (tertiary/aromatic N) is 1. The monoisotopic (exact) mass is 305 g/mol. The normalized spacial score (nSPS) is 10.8. The summed E-state index contributed by atoms with van der Waals surface area (Å²) in [5.74, 6) is 0.442. The van der Waals surface area contributed by atoms with Crippen molar-refractivity contribution < 1.29 is 13.9 Å². The Balaban J connectivity index is 1.76. The molecule has 0 fully saturated rings. The quantitative estimate of drug-likeness (QED) is 0.539. The number of esters is 1. The number of para-hydroxylation sites is 1. The van der Waals surface area contributed by atoms with E-state index in [1.54, 1.807) is 29.2 Å². The van der Waals surface area contributed by atoms with Crippen LogP contribution in [0.2, 0.25) is 0 Å². The summed E-state index contributed by atoms with van der Waals surface area (Å²) in [7, 11) is 1.34. The highest BCUT2D eigenvalue weighted by molar-refractivity contribution is 8.00. The molecule has 0 radical (unpaired) electrons. The van der Waals surface area contributed by atoms with Crippen LogP contribution < -0.4 is 0 Å². The molecule has 0 saturated heterocycles. The molecule has 0 amide bonds. The minimum absolute atomic E-state index is 0.265. The average molecular weight is 305 g/mol. The molecule has 0 aliphatic carbocycles. The van der Waals surface area contributed by atoms with Crippen LogP contribution >= 0.6 is 23.1 Å². The molecule has 2 aromatic heterocycles. The van der Waals surface area contributed by atoms with E-state index in [0.717, 1.165) is 20.1 Å². The van der Waals surface area contributed by atoms with Crippen molar-refractivity contribution in [3.63, 3.8) is 0 Å². The van der Waals surface area contributed by atoms with Gasteiger partial charge in [0.1, 0.15) is 0 Å². The number of hydrogen-bond donors (Lipinski definition) is 0. The van der Waals surface area contributed by atoms with Gasteiger partial charge in [0, 0.05) is 11.3 Å². The Labute approximate surface area is 123 Å². The topological polar surface area (TPSA) is 52.3 Å². The standard InChI is InChI=1S/C14H11NO3S2/c1-17-13(16)12-9(6-7-18-12)8-19-14-15-10-4-2-3-5-11(10)20-14/h2-7H,8H2,1H3. The van der Waals surface area contributed by atoms with Crippen LogP contribution in [0.3, 0.4) is 0 Å². The Bertz CT molecular complexity index is 715. The van der Waals surface area contributed by atoms with E-state index in [2.05, 4.69) is 15.8 Å². The molecule has 6 heteroatoms. The third-order valence-electron chi connectivity index (χ3n) is 2.74. The number of rotatable bonds is 4. The summed E-state index contributed by atoms with van der Waals surface area (Å²) in [5.41, 5.74) is 1.82. The van der Waals surface area contributed by atoms with Crippen LogP contribution in [-0.2, 0) is 10.5 Å². The Morgan fingerprint density at radius 1 is 1.40 bits per heavy atom. The van der Waals surface area contributed by atoms with Crippen LogP contribution in [0.25, 0.3) is 10.2 Å². The van der Waals surface area contributed by atoms with Crippen molar-refractivity contribution in [1.82, 2.24) is 4.98 Å². The number of ether oxygens (including phenoxy) is 1. The lowest BCUT2D eigenvalue weighted by Crippen LogP contribution is -2.02. The Morgan fingerprint density at radius 3 is 3.05 bits per heavy atom.